The molecule has 0 saturated carbocycles. The third-order valence-electron chi connectivity index (χ3n) is 5.79. The molecule has 0 saturated heterocycles. The minimum atomic E-state index is -4.20. The lowest BCUT2D eigenvalue weighted by atomic mass is 10.1. The average Bonchev–Trinajstić information content (AvgIpc) is 2.88. The molecule has 0 atom stereocenters. The molecule has 0 unspecified atom stereocenters. The number of ether oxygens (including phenoxy) is 1. The van der Waals surface area contributed by atoms with Crippen LogP contribution in [0.25, 0.3) is 0 Å². The van der Waals surface area contributed by atoms with Crippen LogP contribution < -0.4 is 14.4 Å². The van der Waals surface area contributed by atoms with Gasteiger partial charge >= 0.3 is 0 Å². The third-order valence-corrected chi connectivity index (χ3v) is 7.80. The molecule has 196 valence electrons. The third kappa shape index (κ3) is 6.42. The monoisotopic (exact) mass is 543 g/mol. The largest absolute Gasteiger partial charge is 0.495 e. The van der Waals surface area contributed by atoms with E-state index in [0.717, 1.165) is 9.87 Å². The molecule has 0 radical (unpaired) electrons. The second-order valence-corrected chi connectivity index (χ2v) is 10.5. The Kier molecular flexibility index (Phi) is 9.18. The van der Waals surface area contributed by atoms with Crippen molar-refractivity contribution in [2.45, 2.75) is 25.7 Å². The molecule has 0 aromatic heterocycles. The number of amides is 2. The van der Waals surface area contributed by atoms with Gasteiger partial charge in [0.1, 0.15) is 12.3 Å². The van der Waals surface area contributed by atoms with Gasteiger partial charge in [0.05, 0.1) is 28.9 Å². The van der Waals surface area contributed by atoms with E-state index in [9.17, 15) is 18.0 Å². The van der Waals surface area contributed by atoms with Crippen molar-refractivity contribution in [3.63, 3.8) is 0 Å². The van der Waals surface area contributed by atoms with E-state index in [-0.39, 0.29) is 32.9 Å². The second kappa shape index (κ2) is 12.1. The second-order valence-electron chi connectivity index (χ2n) is 8.21. The highest BCUT2D eigenvalue weighted by Gasteiger charge is 2.30. The SMILES string of the molecule is CCN(CC)C(=O)c1ccccc1NC(=O)CN(c1cc(Cl)ccc1OC)S(=O)(=O)c1ccc(C)cc1. The number of nitrogens with one attached hydrogen (secondary N) is 1. The van der Waals surface area contributed by atoms with Gasteiger partial charge in [-0.25, -0.2) is 8.42 Å². The summed E-state index contributed by atoms with van der Waals surface area (Å²) in [6, 6.07) is 17.5. The topological polar surface area (TPSA) is 96.0 Å². The minimum absolute atomic E-state index is 0.00467. The van der Waals surface area contributed by atoms with E-state index in [0.29, 0.717) is 18.7 Å². The molecule has 0 aliphatic carbocycles. The van der Waals surface area contributed by atoms with Crippen molar-refractivity contribution in [3.8, 4) is 5.75 Å². The van der Waals surface area contributed by atoms with E-state index in [1.165, 1.54) is 31.4 Å². The highest BCUT2D eigenvalue weighted by atomic mass is 35.5. The van der Waals surface area contributed by atoms with Crippen LogP contribution in [0.4, 0.5) is 11.4 Å². The zero-order valence-electron chi connectivity index (χ0n) is 21.2. The molecule has 3 rings (SSSR count). The molecule has 8 nitrogen and oxygen atoms in total. The highest BCUT2D eigenvalue weighted by Crippen LogP contribution is 2.35. The number of carbonyl (C=O) groups excluding carboxylic acids is 2. The molecule has 1 N–H and O–H groups in total. The number of rotatable bonds is 10. The van der Waals surface area contributed by atoms with E-state index >= 15 is 0 Å². The van der Waals surface area contributed by atoms with Crippen molar-refractivity contribution in [1.82, 2.24) is 4.90 Å². The Morgan fingerprint density at radius 2 is 1.62 bits per heavy atom. The predicted molar refractivity (Wildman–Crippen MR) is 146 cm³/mol. The van der Waals surface area contributed by atoms with Crippen molar-refractivity contribution in [2.24, 2.45) is 0 Å². The van der Waals surface area contributed by atoms with Gasteiger partial charge in [0, 0.05) is 18.1 Å². The van der Waals surface area contributed by atoms with Crippen LogP contribution in [0.1, 0.15) is 29.8 Å². The molecule has 3 aromatic carbocycles. The van der Waals surface area contributed by atoms with E-state index in [1.807, 2.05) is 20.8 Å². The summed E-state index contributed by atoms with van der Waals surface area (Å²) in [5.74, 6) is -0.649. The molecule has 0 heterocycles. The first kappa shape index (κ1) is 28.0. The Labute approximate surface area is 222 Å². The number of anilines is 2. The molecule has 3 aromatic rings. The number of carbonyl (C=O) groups is 2. The maximum Gasteiger partial charge on any atom is 0.264 e. The molecular formula is C27H30ClN3O5S. The van der Waals surface area contributed by atoms with Crippen LogP contribution in [-0.4, -0.2) is 51.9 Å². The van der Waals surface area contributed by atoms with Gasteiger partial charge in [-0.05, 0) is 63.2 Å². The Bertz CT molecular complexity index is 1370. The first-order valence-corrected chi connectivity index (χ1v) is 13.5. The van der Waals surface area contributed by atoms with Crippen molar-refractivity contribution >= 4 is 44.8 Å². The lowest BCUT2D eigenvalue weighted by Crippen LogP contribution is -2.39. The summed E-state index contributed by atoms with van der Waals surface area (Å²) >= 11 is 6.19. The van der Waals surface area contributed by atoms with Crippen LogP contribution in [0.2, 0.25) is 5.02 Å². The molecule has 0 aliphatic heterocycles. The van der Waals surface area contributed by atoms with Crippen LogP contribution in [0.3, 0.4) is 0 Å². The number of methoxy groups -OCH3 is 1. The number of sulfonamides is 1. The summed E-state index contributed by atoms with van der Waals surface area (Å²) < 4.78 is 33.8. The van der Waals surface area contributed by atoms with E-state index in [4.69, 9.17) is 16.3 Å². The molecular weight excluding hydrogens is 514 g/mol. The van der Waals surface area contributed by atoms with Gasteiger partial charge in [0.15, 0.2) is 0 Å². The number of nitrogens with zero attached hydrogens (tertiary/aromatic N) is 2. The van der Waals surface area contributed by atoms with Gasteiger partial charge in [0.2, 0.25) is 5.91 Å². The number of para-hydroxylation sites is 1. The Hall–Kier alpha value is -3.56. The van der Waals surface area contributed by atoms with Gasteiger partial charge in [0.25, 0.3) is 15.9 Å². The Morgan fingerprint density at radius 3 is 2.24 bits per heavy atom. The number of hydrogen-bond donors (Lipinski definition) is 1. The summed E-state index contributed by atoms with van der Waals surface area (Å²) in [5.41, 5.74) is 1.60. The maximum atomic E-state index is 13.7. The zero-order chi connectivity index (χ0) is 27.2. The fraction of sp³-hybridized carbons (Fsp3) is 0.259. The summed E-state index contributed by atoms with van der Waals surface area (Å²) in [4.78, 5) is 27.9. The predicted octanol–water partition coefficient (Wildman–Crippen LogP) is 4.97. The van der Waals surface area contributed by atoms with Gasteiger partial charge < -0.3 is 15.0 Å². The molecule has 37 heavy (non-hydrogen) atoms. The standard InChI is InChI=1S/C27H30ClN3O5S/c1-5-30(6-2)27(33)22-9-7-8-10-23(22)29-26(32)18-31(24-17-20(28)13-16-25(24)36-4)37(34,35)21-14-11-19(3)12-15-21/h7-17H,5-6,18H2,1-4H3,(H,29,32). The molecule has 0 spiro atoms. The van der Waals surface area contributed by atoms with Crippen molar-refractivity contribution in [3.05, 3.63) is 82.9 Å². The van der Waals surface area contributed by atoms with Gasteiger partial charge in [-0.1, -0.05) is 41.4 Å². The Balaban J connectivity index is 2.02. The molecule has 10 heteroatoms. The molecule has 0 bridgehead atoms. The van der Waals surface area contributed by atoms with Gasteiger partial charge in [-0.2, -0.15) is 0 Å². The number of aryl methyl sites for hydroxylation is 1. The minimum Gasteiger partial charge on any atom is -0.495 e. The first-order chi connectivity index (χ1) is 17.6. The van der Waals surface area contributed by atoms with E-state index < -0.39 is 22.5 Å². The number of hydrogen-bond acceptors (Lipinski definition) is 5. The van der Waals surface area contributed by atoms with Crippen molar-refractivity contribution in [2.75, 3.05) is 36.4 Å². The highest BCUT2D eigenvalue weighted by molar-refractivity contribution is 7.92. The fourth-order valence-electron chi connectivity index (χ4n) is 3.78. The van der Waals surface area contributed by atoms with E-state index in [1.54, 1.807) is 47.4 Å². The van der Waals surface area contributed by atoms with Gasteiger partial charge in [-0.3, -0.25) is 13.9 Å². The van der Waals surface area contributed by atoms with Gasteiger partial charge in [-0.15, -0.1) is 0 Å². The maximum absolute atomic E-state index is 13.7. The summed E-state index contributed by atoms with van der Waals surface area (Å²) in [5, 5.41) is 2.99. The summed E-state index contributed by atoms with van der Waals surface area (Å²) in [6.07, 6.45) is 0. The first-order valence-electron chi connectivity index (χ1n) is 11.7. The van der Waals surface area contributed by atoms with Crippen LogP contribution in [0, 0.1) is 6.92 Å². The van der Waals surface area contributed by atoms with Crippen LogP contribution in [0.5, 0.6) is 5.75 Å². The Morgan fingerprint density at radius 1 is 0.973 bits per heavy atom. The van der Waals surface area contributed by atoms with Crippen molar-refractivity contribution < 1.29 is 22.7 Å². The lowest BCUT2D eigenvalue weighted by Gasteiger charge is -2.26. The average molecular weight is 544 g/mol. The van der Waals surface area contributed by atoms with Crippen LogP contribution in [0.15, 0.2) is 71.6 Å². The number of benzene rings is 3. The van der Waals surface area contributed by atoms with E-state index in [2.05, 4.69) is 5.32 Å². The lowest BCUT2D eigenvalue weighted by molar-refractivity contribution is -0.114. The summed E-state index contributed by atoms with van der Waals surface area (Å²) in [6.45, 7) is 6.02. The normalized spacial score (nSPS) is 11.1. The molecule has 2 amide bonds. The van der Waals surface area contributed by atoms with Crippen LogP contribution in [-0.2, 0) is 14.8 Å². The fourth-order valence-corrected chi connectivity index (χ4v) is 5.36. The summed E-state index contributed by atoms with van der Waals surface area (Å²) in [7, 11) is -2.80. The van der Waals surface area contributed by atoms with Crippen molar-refractivity contribution in [1.29, 1.82) is 0 Å². The zero-order valence-corrected chi connectivity index (χ0v) is 22.8. The molecule has 0 fully saturated rings. The van der Waals surface area contributed by atoms with Crippen LogP contribution >= 0.6 is 11.6 Å². The molecule has 0 aliphatic rings. The quantitative estimate of drug-likeness (QED) is 0.389. The number of halogens is 1. The smallest absolute Gasteiger partial charge is 0.264 e.